The molecule has 1 fully saturated rings. The minimum Gasteiger partial charge on any atom is -0.348 e. The van der Waals surface area contributed by atoms with Gasteiger partial charge < -0.3 is 9.47 Å². The second-order valence-corrected chi connectivity index (χ2v) is 3.35. The highest BCUT2D eigenvalue weighted by Gasteiger charge is 2.20. The minimum absolute atomic E-state index is 0.162. The summed E-state index contributed by atoms with van der Waals surface area (Å²) in [7, 11) is 0. The zero-order valence-electron chi connectivity index (χ0n) is 7.77. The summed E-state index contributed by atoms with van der Waals surface area (Å²) < 4.78 is 11.2. The molecule has 1 aromatic carbocycles. The third-order valence-corrected chi connectivity index (χ3v) is 2.22. The first kappa shape index (κ1) is 8.73. The number of hydrogen-bond donors (Lipinski definition) is 0. The van der Waals surface area contributed by atoms with E-state index in [4.69, 9.17) is 9.47 Å². The Bertz CT molecular complexity index is 258. The molecule has 1 heterocycles. The van der Waals surface area contributed by atoms with Crippen LogP contribution >= 0.6 is 0 Å². The molecule has 1 saturated heterocycles. The summed E-state index contributed by atoms with van der Waals surface area (Å²) in [6, 6.07) is 10.1. The summed E-state index contributed by atoms with van der Waals surface area (Å²) in [4.78, 5) is 0. The zero-order chi connectivity index (χ0) is 9.10. The standard InChI is InChI=1S/C11H14O2/c1-9-7-8-12-11(13-9)10-5-3-2-4-6-10/h2-6,9,11H,7-8H2,1H3/t9-,11+/m1/s1. The zero-order valence-corrected chi connectivity index (χ0v) is 7.77. The van der Waals surface area contributed by atoms with Crippen LogP contribution in [0.1, 0.15) is 25.2 Å². The first-order chi connectivity index (χ1) is 6.36. The highest BCUT2D eigenvalue weighted by Crippen LogP contribution is 2.25. The van der Waals surface area contributed by atoms with Gasteiger partial charge in [-0.1, -0.05) is 30.3 Å². The van der Waals surface area contributed by atoms with E-state index in [1.807, 2.05) is 30.3 Å². The molecule has 1 aromatic rings. The van der Waals surface area contributed by atoms with E-state index in [-0.39, 0.29) is 6.29 Å². The van der Waals surface area contributed by atoms with Gasteiger partial charge >= 0.3 is 0 Å². The Hall–Kier alpha value is -0.860. The van der Waals surface area contributed by atoms with Crippen LogP contribution in [-0.4, -0.2) is 12.7 Å². The Morgan fingerprint density at radius 1 is 1.23 bits per heavy atom. The molecule has 2 rings (SSSR count). The van der Waals surface area contributed by atoms with Crippen LogP contribution in [0, 0.1) is 0 Å². The van der Waals surface area contributed by atoms with E-state index in [0.717, 1.165) is 18.6 Å². The van der Waals surface area contributed by atoms with E-state index in [1.54, 1.807) is 0 Å². The van der Waals surface area contributed by atoms with Gasteiger partial charge in [0.1, 0.15) is 0 Å². The van der Waals surface area contributed by atoms with Gasteiger partial charge in [0, 0.05) is 5.56 Å². The van der Waals surface area contributed by atoms with Gasteiger partial charge in [-0.2, -0.15) is 0 Å². The molecule has 0 saturated carbocycles. The molecular weight excluding hydrogens is 164 g/mol. The Kier molecular flexibility index (Phi) is 2.62. The normalized spacial score (nSPS) is 28.7. The van der Waals surface area contributed by atoms with E-state index in [1.165, 1.54) is 0 Å². The maximum absolute atomic E-state index is 5.65. The van der Waals surface area contributed by atoms with Crippen molar-refractivity contribution < 1.29 is 9.47 Å². The molecule has 0 spiro atoms. The number of hydrogen-bond acceptors (Lipinski definition) is 2. The van der Waals surface area contributed by atoms with Crippen molar-refractivity contribution in [2.45, 2.75) is 25.7 Å². The molecule has 1 aliphatic rings. The molecule has 2 atom stereocenters. The van der Waals surface area contributed by atoms with E-state index in [2.05, 4.69) is 6.92 Å². The van der Waals surface area contributed by atoms with Gasteiger partial charge in [0.05, 0.1) is 12.7 Å². The topological polar surface area (TPSA) is 18.5 Å². The van der Waals surface area contributed by atoms with Crippen molar-refractivity contribution in [1.82, 2.24) is 0 Å². The highest BCUT2D eigenvalue weighted by atomic mass is 16.7. The Balaban J connectivity index is 2.08. The second-order valence-electron chi connectivity index (χ2n) is 3.35. The van der Waals surface area contributed by atoms with Crippen LogP contribution in [0.2, 0.25) is 0 Å². The molecule has 0 radical (unpaired) electrons. The molecule has 0 N–H and O–H groups in total. The van der Waals surface area contributed by atoms with E-state index >= 15 is 0 Å². The van der Waals surface area contributed by atoms with Crippen LogP contribution in [0.5, 0.6) is 0 Å². The molecule has 0 bridgehead atoms. The molecule has 0 aliphatic carbocycles. The van der Waals surface area contributed by atoms with Crippen molar-refractivity contribution in [3.05, 3.63) is 35.9 Å². The number of benzene rings is 1. The summed E-state index contributed by atoms with van der Waals surface area (Å²) in [5.74, 6) is 0. The fourth-order valence-corrected chi connectivity index (χ4v) is 1.44. The molecule has 1 aliphatic heterocycles. The lowest BCUT2D eigenvalue weighted by molar-refractivity contribution is -0.212. The number of ether oxygens (including phenoxy) is 2. The Morgan fingerprint density at radius 2 is 2.00 bits per heavy atom. The first-order valence-corrected chi connectivity index (χ1v) is 4.68. The fourth-order valence-electron chi connectivity index (χ4n) is 1.44. The molecule has 0 amide bonds. The van der Waals surface area contributed by atoms with E-state index < -0.39 is 0 Å². The lowest BCUT2D eigenvalue weighted by atomic mass is 10.2. The molecule has 2 heteroatoms. The lowest BCUT2D eigenvalue weighted by Crippen LogP contribution is -2.24. The fraction of sp³-hybridized carbons (Fsp3) is 0.455. The van der Waals surface area contributed by atoms with Gasteiger partial charge in [-0.3, -0.25) is 0 Å². The van der Waals surface area contributed by atoms with Crippen molar-refractivity contribution in [1.29, 1.82) is 0 Å². The highest BCUT2D eigenvalue weighted by molar-refractivity contribution is 5.16. The maximum atomic E-state index is 5.65. The molecule has 13 heavy (non-hydrogen) atoms. The van der Waals surface area contributed by atoms with Crippen molar-refractivity contribution >= 4 is 0 Å². The molecule has 0 aromatic heterocycles. The van der Waals surface area contributed by atoms with Crippen LogP contribution in [-0.2, 0) is 9.47 Å². The van der Waals surface area contributed by atoms with Crippen LogP contribution in [0.3, 0.4) is 0 Å². The molecular formula is C11H14O2. The summed E-state index contributed by atoms with van der Waals surface area (Å²) >= 11 is 0. The summed E-state index contributed by atoms with van der Waals surface area (Å²) in [6.45, 7) is 2.87. The van der Waals surface area contributed by atoms with Crippen molar-refractivity contribution in [3.8, 4) is 0 Å². The second kappa shape index (κ2) is 3.90. The van der Waals surface area contributed by atoms with Crippen LogP contribution in [0.4, 0.5) is 0 Å². The Labute approximate surface area is 78.5 Å². The molecule has 70 valence electrons. The van der Waals surface area contributed by atoms with Crippen LogP contribution in [0.15, 0.2) is 30.3 Å². The summed E-state index contributed by atoms with van der Waals surface area (Å²) in [5, 5.41) is 0. The van der Waals surface area contributed by atoms with Crippen LogP contribution in [0.25, 0.3) is 0 Å². The Morgan fingerprint density at radius 3 is 2.69 bits per heavy atom. The van der Waals surface area contributed by atoms with Gasteiger partial charge in [0.25, 0.3) is 0 Å². The monoisotopic (exact) mass is 178 g/mol. The predicted molar refractivity (Wildman–Crippen MR) is 50.3 cm³/mol. The van der Waals surface area contributed by atoms with Gasteiger partial charge in [-0.15, -0.1) is 0 Å². The lowest BCUT2D eigenvalue weighted by Gasteiger charge is -2.28. The smallest absolute Gasteiger partial charge is 0.184 e. The third-order valence-electron chi connectivity index (χ3n) is 2.22. The van der Waals surface area contributed by atoms with Gasteiger partial charge in [0.15, 0.2) is 6.29 Å². The van der Waals surface area contributed by atoms with Crippen LogP contribution < -0.4 is 0 Å². The van der Waals surface area contributed by atoms with Gasteiger partial charge in [0.2, 0.25) is 0 Å². The molecule has 2 nitrogen and oxygen atoms in total. The van der Waals surface area contributed by atoms with Gasteiger partial charge in [-0.05, 0) is 13.3 Å². The third kappa shape index (κ3) is 2.08. The minimum atomic E-state index is -0.162. The number of rotatable bonds is 1. The first-order valence-electron chi connectivity index (χ1n) is 4.68. The van der Waals surface area contributed by atoms with E-state index in [9.17, 15) is 0 Å². The maximum Gasteiger partial charge on any atom is 0.184 e. The SMILES string of the molecule is C[C@@H]1CCO[C@H](c2ccccc2)O1. The molecule has 0 unspecified atom stereocenters. The van der Waals surface area contributed by atoms with Crippen molar-refractivity contribution in [3.63, 3.8) is 0 Å². The average Bonchev–Trinajstić information content (AvgIpc) is 2.19. The average molecular weight is 178 g/mol. The van der Waals surface area contributed by atoms with Crippen molar-refractivity contribution in [2.24, 2.45) is 0 Å². The quantitative estimate of drug-likeness (QED) is 0.657. The van der Waals surface area contributed by atoms with Crippen molar-refractivity contribution in [2.75, 3.05) is 6.61 Å². The predicted octanol–water partition coefficient (Wildman–Crippen LogP) is 2.51. The van der Waals surface area contributed by atoms with E-state index in [0.29, 0.717) is 6.10 Å². The summed E-state index contributed by atoms with van der Waals surface area (Å²) in [6.07, 6.45) is 1.13. The van der Waals surface area contributed by atoms with Gasteiger partial charge in [-0.25, -0.2) is 0 Å². The largest absolute Gasteiger partial charge is 0.348 e. The summed E-state index contributed by atoms with van der Waals surface area (Å²) in [5.41, 5.74) is 1.11.